The minimum Gasteiger partial charge on any atom is -0.326 e. The van der Waals surface area contributed by atoms with E-state index in [0.717, 1.165) is 22.4 Å². The molecule has 1 heterocycles. The van der Waals surface area contributed by atoms with Crippen LogP contribution in [0.15, 0.2) is 78.9 Å². The quantitative estimate of drug-likeness (QED) is 0.661. The Balaban J connectivity index is 0.00000225. The van der Waals surface area contributed by atoms with Gasteiger partial charge in [-0.25, -0.2) is 4.39 Å². The molecular formula is C23H22ClFN2O. The fraction of sp³-hybridized carbons (Fsp3) is 0.174. The zero-order chi connectivity index (χ0) is 18.6. The molecule has 1 amide bonds. The van der Waals surface area contributed by atoms with Crippen molar-refractivity contribution >= 4 is 24.0 Å². The minimum atomic E-state index is -0.269. The molecule has 28 heavy (non-hydrogen) atoms. The highest BCUT2D eigenvalue weighted by molar-refractivity contribution is 5.94. The van der Waals surface area contributed by atoms with Crippen LogP contribution in [-0.4, -0.2) is 19.0 Å². The van der Waals surface area contributed by atoms with Gasteiger partial charge in [-0.05, 0) is 41.0 Å². The molecule has 1 fully saturated rings. The first-order valence-corrected chi connectivity index (χ1v) is 9.13. The summed E-state index contributed by atoms with van der Waals surface area (Å²) in [7, 11) is 0. The van der Waals surface area contributed by atoms with Crippen LogP contribution in [0.5, 0.6) is 0 Å². The molecule has 0 radical (unpaired) electrons. The lowest BCUT2D eigenvalue weighted by molar-refractivity contribution is -0.119. The third kappa shape index (κ3) is 4.41. The van der Waals surface area contributed by atoms with E-state index in [2.05, 4.69) is 10.6 Å². The van der Waals surface area contributed by atoms with Crippen LogP contribution in [0.25, 0.3) is 11.1 Å². The Bertz CT molecular complexity index is 948. The molecule has 0 aliphatic carbocycles. The predicted octanol–water partition coefficient (Wildman–Crippen LogP) is 4.86. The number of nitrogens with one attached hydrogen (secondary N) is 2. The summed E-state index contributed by atoms with van der Waals surface area (Å²) in [5, 5.41) is 6.30. The molecule has 0 bridgehead atoms. The summed E-state index contributed by atoms with van der Waals surface area (Å²) in [6, 6.07) is 24.4. The molecule has 2 atom stereocenters. The van der Waals surface area contributed by atoms with Crippen LogP contribution in [0.2, 0.25) is 0 Å². The molecule has 144 valence electrons. The Morgan fingerprint density at radius 3 is 2.43 bits per heavy atom. The highest BCUT2D eigenvalue weighted by Crippen LogP contribution is 2.30. The number of anilines is 1. The van der Waals surface area contributed by atoms with E-state index in [4.69, 9.17) is 0 Å². The Hall–Kier alpha value is -2.69. The topological polar surface area (TPSA) is 41.1 Å². The number of benzene rings is 3. The molecule has 3 aromatic carbocycles. The molecule has 3 nitrogen and oxygen atoms in total. The summed E-state index contributed by atoms with van der Waals surface area (Å²) >= 11 is 0. The van der Waals surface area contributed by atoms with Gasteiger partial charge in [-0.15, -0.1) is 12.4 Å². The SMILES string of the molecule is Cl.O=C(Nc1cccc(-c2ccccc2)c1)[C@H]1CNC[C@@H]1c1cccc(F)c1. The highest BCUT2D eigenvalue weighted by atomic mass is 35.5. The average Bonchev–Trinajstić information content (AvgIpc) is 3.19. The largest absolute Gasteiger partial charge is 0.326 e. The van der Waals surface area contributed by atoms with Gasteiger partial charge < -0.3 is 10.6 Å². The number of halogens is 2. The maximum atomic E-state index is 13.6. The maximum Gasteiger partial charge on any atom is 0.229 e. The molecule has 0 aromatic heterocycles. The molecular weight excluding hydrogens is 375 g/mol. The minimum absolute atomic E-state index is 0. The van der Waals surface area contributed by atoms with Gasteiger partial charge >= 0.3 is 0 Å². The van der Waals surface area contributed by atoms with Crippen molar-refractivity contribution < 1.29 is 9.18 Å². The smallest absolute Gasteiger partial charge is 0.229 e. The number of amides is 1. The number of carbonyl (C=O) groups is 1. The van der Waals surface area contributed by atoms with Crippen molar-refractivity contribution in [1.82, 2.24) is 5.32 Å². The van der Waals surface area contributed by atoms with E-state index in [0.29, 0.717) is 13.1 Å². The van der Waals surface area contributed by atoms with Crippen molar-refractivity contribution in [1.29, 1.82) is 0 Å². The third-order valence-electron chi connectivity index (χ3n) is 5.07. The monoisotopic (exact) mass is 396 g/mol. The first-order chi connectivity index (χ1) is 13.2. The normalized spacial score (nSPS) is 18.3. The standard InChI is InChI=1S/C23H21FN2O.ClH/c24-19-10-4-9-18(12-19)21-14-25-15-22(21)23(27)26-20-11-5-8-17(13-20)16-6-2-1-3-7-16;/h1-13,21-22,25H,14-15H2,(H,26,27);1H/t21-,22+;/m1./s1. The molecule has 3 aromatic rings. The lowest BCUT2D eigenvalue weighted by Crippen LogP contribution is -2.28. The third-order valence-corrected chi connectivity index (χ3v) is 5.07. The number of hydrogen-bond donors (Lipinski definition) is 2. The van der Waals surface area contributed by atoms with Gasteiger partial charge in [0.05, 0.1) is 5.92 Å². The molecule has 1 saturated heterocycles. The van der Waals surface area contributed by atoms with Crippen LogP contribution < -0.4 is 10.6 Å². The van der Waals surface area contributed by atoms with Gasteiger partial charge in [0.1, 0.15) is 5.82 Å². The van der Waals surface area contributed by atoms with Gasteiger partial charge in [0.15, 0.2) is 0 Å². The van der Waals surface area contributed by atoms with E-state index in [9.17, 15) is 9.18 Å². The van der Waals surface area contributed by atoms with Crippen LogP contribution >= 0.6 is 12.4 Å². The van der Waals surface area contributed by atoms with E-state index >= 15 is 0 Å². The fourth-order valence-corrected chi connectivity index (χ4v) is 3.68. The van der Waals surface area contributed by atoms with Gasteiger partial charge in [-0.3, -0.25) is 4.79 Å². The Kier molecular flexibility index (Phi) is 6.45. The Labute approximate surface area is 170 Å². The molecule has 4 rings (SSSR count). The van der Waals surface area contributed by atoms with Gasteiger partial charge in [0, 0.05) is 24.7 Å². The molecule has 0 saturated carbocycles. The van der Waals surface area contributed by atoms with Crippen molar-refractivity contribution in [3.63, 3.8) is 0 Å². The second-order valence-corrected chi connectivity index (χ2v) is 6.86. The van der Waals surface area contributed by atoms with Gasteiger partial charge in [-0.2, -0.15) is 0 Å². The highest BCUT2D eigenvalue weighted by Gasteiger charge is 2.34. The van der Waals surface area contributed by atoms with Gasteiger partial charge in [-0.1, -0.05) is 54.6 Å². The van der Waals surface area contributed by atoms with Crippen LogP contribution in [0.4, 0.5) is 10.1 Å². The average molecular weight is 397 g/mol. The van der Waals surface area contributed by atoms with Crippen molar-refractivity contribution in [3.8, 4) is 11.1 Å². The number of carbonyl (C=O) groups excluding carboxylic acids is 1. The van der Waals surface area contributed by atoms with E-state index in [1.807, 2.05) is 60.7 Å². The van der Waals surface area contributed by atoms with E-state index in [-0.39, 0.29) is 36.0 Å². The Morgan fingerprint density at radius 2 is 1.64 bits per heavy atom. The van der Waals surface area contributed by atoms with Gasteiger partial charge in [0.2, 0.25) is 5.91 Å². The summed E-state index contributed by atoms with van der Waals surface area (Å²) in [6.45, 7) is 1.26. The predicted molar refractivity (Wildman–Crippen MR) is 113 cm³/mol. The van der Waals surface area contributed by atoms with Crippen molar-refractivity contribution in [2.75, 3.05) is 18.4 Å². The summed E-state index contributed by atoms with van der Waals surface area (Å²) in [5.41, 5.74) is 3.79. The second kappa shape index (κ2) is 9.00. The van der Waals surface area contributed by atoms with Crippen LogP contribution in [-0.2, 0) is 4.79 Å². The summed E-state index contributed by atoms with van der Waals surface area (Å²) in [6.07, 6.45) is 0. The Morgan fingerprint density at radius 1 is 0.893 bits per heavy atom. The lowest BCUT2D eigenvalue weighted by atomic mass is 9.88. The zero-order valence-electron chi connectivity index (χ0n) is 15.3. The fourth-order valence-electron chi connectivity index (χ4n) is 3.68. The summed E-state index contributed by atoms with van der Waals surface area (Å²) in [4.78, 5) is 12.9. The summed E-state index contributed by atoms with van der Waals surface area (Å²) < 4.78 is 13.6. The van der Waals surface area contributed by atoms with Crippen LogP contribution in [0, 0.1) is 11.7 Å². The van der Waals surface area contributed by atoms with Crippen molar-refractivity contribution in [3.05, 3.63) is 90.2 Å². The zero-order valence-corrected chi connectivity index (χ0v) is 16.1. The van der Waals surface area contributed by atoms with Crippen LogP contribution in [0.3, 0.4) is 0 Å². The summed E-state index contributed by atoms with van der Waals surface area (Å²) in [5.74, 6) is -0.571. The van der Waals surface area contributed by atoms with Gasteiger partial charge in [0.25, 0.3) is 0 Å². The van der Waals surface area contributed by atoms with Crippen molar-refractivity contribution in [2.45, 2.75) is 5.92 Å². The van der Waals surface area contributed by atoms with Crippen LogP contribution in [0.1, 0.15) is 11.5 Å². The molecule has 2 N–H and O–H groups in total. The van der Waals surface area contributed by atoms with Crippen molar-refractivity contribution in [2.24, 2.45) is 5.92 Å². The first kappa shape index (κ1) is 20.1. The first-order valence-electron chi connectivity index (χ1n) is 9.13. The van der Waals surface area contributed by atoms with E-state index in [1.165, 1.54) is 12.1 Å². The number of hydrogen-bond acceptors (Lipinski definition) is 2. The molecule has 1 aliphatic rings. The maximum absolute atomic E-state index is 13.6. The molecule has 1 aliphatic heterocycles. The molecule has 0 spiro atoms. The molecule has 0 unspecified atom stereocenters. The number of rotatable bonds is 4. The molecule has 5 heteroatoms. The van der Waals surface area contributed by atoms with E-state index < -0.39 is 0 Å². The lowest BCUT2D eigenvalue weighted by Gasteiger charge is -2.19. The second-order valence-electron chi connectivity index (χ2n) is 6.86. The van der Waals surface area contributed by atoms with E-state index in [1.54, 1.807) is 6.07 Å².